The molecule has 0 radical (unpaired) electrons. The molecule has 124 valence electrons. The molecule has 2 aromatic rings. The molecule has 23 heavy (non-hydrogen) atoms. The highest BCUT2D eigenvalue weighted by atomic mass is 32.1. The van der Waals surface area contributed by atoms with E-state index in [0.29, 0.717) is 0 Å². The maximum absolute atomic E-state index is 4.72. The lowest BCUT2D eigenvalue weighted by atomic mass is 10.2. The third-order valence-corrected chi connectivity index (χ3v) is 5.10. The molecule has 1 aliphatic heterocycles. The quantitative estimate of drug-likeness (QED) is 0.835. The summed E-state index contributed by atoms with van der Waals surface area (Å²) in [5.74, 6) is 0.785. The molecular weight excluding hydrogens is 308 g/mol. The standard InChI is InChI=1S/C16H24N6S/c1-4-14-15(5-2)19-20-16(18-14)22-8-6-21(7-9-22)11-13-10-17-12(3)23-13/h10H,4-9,11H2,1-3H3. The fourth-order valence-corrected chi connectivity index (χ4v) is 3.70. The zero-order chi connectivity index (χ0) is 16.2. The Hall–Kier alpha value is -1.60. The largest absolute Gasteiger partial charge is 0.337 e. The second kappa shape index (κ2) is 7.31. The third kappa shape index (κ3) is 3.84. The van der Waals surface area contributed by atoms with E-state index in [0.717, 1.165) is 67.9 Å². The van der Waals surface area contributed by atoms with Gasteiger partial charge in [-0.3, -0.25) is 4.90 Å². The van der Waals surface area contributed by atoms with Crippen molar-refractivity contribution >= 4 is 17.3 Å². The predicted octanol–water partition coefficient (Wildman–Crippen LogP) is 2.08. The SMILES string of the molecule is CCc1nnc(N2CCN(Cc3cnc(C)s3)CC2)nc1CC. The average Bonchev–Trinajstić information content (AvgIpc) is 3.00. The van der Waals surface area contributed by atoms with Gasteiger partial charge in [0.1, 0.15) is 0 Å². The highest BCUT2D eigenvalue weighted by Crippen LogP contribution is 2.17. The monoisotopic (exact) mass is 332 g/mol. The van der Waals surface area contributed by atoms with Crippen LogP contribution in [0, 0.1) is 6.92 Å². The molecule has 1 aliphatic rings. The summed E-state index contributed by atoms with van der Waals surface area (Å²) < 4.78 is 0. The van der Waals surface area contributed by atoms with Crippen LogP contribution in [0.15, 0.2) is 6.20 Å². The lowest BCUT2D eigenvalue weighted by Crippen LogP contribution is -2.46. The van der Waals surface area contributed by atoms with Gasteiger partial charge in [0.15, 0.2) is 0 Å². The lowest BCUT2D eigenvalue weighted by molar-refractivity contribution is 0.250. The molecule has 0 N–H and O–H groups in total. The van der Waals surface area contributed by atoms with Gasteiger partial charge in [0, 0.05) is 43.8 Å². The zero-order valence-electron chi connectivity index (χ0n) is 14.1. The van der Waals surface area contributed by atoms with E-state index < -0.39 is 0 Å². The topological polar surface area (TPSA) is 58.0 Å². The van der Waals surface area contributed by atoms with Crippen molar-refractivity contribution in [2.45, 2.75) is 40.2 Å². The first kappa shape index (κ1) is 16.3. The molecule has 0 aliphatic carbocycles. The minimum absolute atomic E-state index is 0.785. The minimum Gasteiger partial charge on any atom is -0.337 e. The summed E-state index contributed by atoms with van der Waals surface area (Å²) in [5.41, 5.74) is 2.11. The number of thiazole rings is 1. The Bertz CT molecular complexity index is 648. The summed E-state index contributed by atoms with van der Waals surface area (Å²) in [7, 11) is 0. The average molecular weight is 332 g/mol. The van der Waals surface area contributed by atoms with Crippen molar-refractivity contribution in [1.82, 2.24) is 25.1 Å². The molecule has 7 heteroatoms. The van der Waals surface area contributed by atoms with Crippen LogP contribution in [-0.4, -0.2) is 51.2 Å². The first-order valence-corrected chi connectivity index (χ1v) is 9.12. The number of hydrogen-bond acceptors (Lipinski definition) is 7. The molecule has 3 heterocycles. The number of anilines is 1. The van der Waals surface area contributed by atoms with Crippen molar-refractivity contribution in [3.05, 3.63) is 27.5 Å². The maximum Gasteiger partial charge on any atom is 0.245 e. The fraction of sp³-hybridized carbons (Fsp3) is 0.625. The molecule has 6 nitrogen and oxygen atoms in total. The van der Waals surface area contributed by atoms with Gasteiger partial charge in [-0.05, 0) is 19.8 Å². The molecule has 2 aromatic heterocycles. The molecule has 0 saturated carbocycles. The molecule has 0 atom stereocenters. The summed E-state index contributed by atoms with van der Waals surface area (Å²) in [5, 5.41) is 9.83. The molecule has 0 unspecified atom stereocenters. The molecule has 0 spiro atoms. The summed E-state index contributed by atoms with van der Waals surface area (Å²) in [6.07, 6.45) is 3.80. The maximum atomic E-state index is 4.72. The first-order valence-electron chi connectivity index (χ1n) is 8.30. The van der Waals surface area contributed by atoms with Crippen molar-refractivity contribution in [1.29, 1.82) is 0 Å². The van der Waals surface area contributed by atoms with Gasteiger partial charge in [0.2, 0.25) is 5.95 Å². The van der Waals surface area contributed by atoms with Crippen LogP contribution in [0.4, 0.5) is 5.95 Å². The second-order valence-corrected chi connectivity index (χ2v) is 7.14. The Morgan fingerprint density at radius 3 is 2.39 bits per heavy atom. The Balaban J connectivity index is 1.60. The number of piperazine rings is 1. The molecule has 0 amide bonds. The van der Waals surface area contributed by atoms with E-state index in [1.54, 1.807) is 11.3 Å². The van der Waals surface area contributed by atoms with Crippen molar-refractivity contribution in [2.75, 3.05) is 31.1 Å². The highest BCUT2D eigenvalue weighted by Gasteiger charge is 2.20. The Kier molecular flexibility index (Phi) is 5.17. The number of nitrogens with zero attached hydrogens (tertiary/aromatic N) is 6. The van der Waals surface area contributed by atoms with E-state index in [9.17, 15) is 0 Å². The van der Waals surface area contributed by atoms with Crippen LogP contribution in [0.1, 0.15) is 35.1 Å². The normalized spacial score (nSPS) is 16.0. The van der Waals surface area contributed by atoms with E-state index in [1.165, 1.54) is 4.88 Å². The van der Waals surface area contributed by atoms with Crippen LogP contribution in [-0.2, 0) is 19.4 Å². The van der Waals surface area contributed by atoms with Crippen LogP contribution in [0.25, 0.3) is 0 Å². The third-order valence-electron chi connectivity index (χ3n) is 4.20. The Morgan fingerprint density at radius 2 is 1.78 bits per heavy atom. The highest BCUT2D eigenvalue weighted by molar-refractivity contribution is 7.11. The molecule has 1 saturated heterocycles. The second-order valence-electron chi connectivity index (χ2n) is 5.82. The van der Waals surface area contributed by atoms with E-state index in [2.05, 4.69) is 45.8 Å². The fourth-order valence-electron chi connectivity index (χ4n) is 2.87. The number of aromatic nitrogens is 4. The summed E-state index contributed by atoms with van der Waals surface area (Å²) >= 11 is 1.79. The van der Waals surface area contributed by atoms with Crippen LogP contribution in [0.3, 0.4) is 0 Å². The van der Waals surface area contributed by atoms with E-state index in [4.69, 9.17) is 4.98 Å². The van der Waals surface area contributed by atoms with Gasteiger partial charge in [-0.2, -0.15) is 5.10 Å². The predicted molar refractivity (Wildman–Crippen MR) is 92.9 cm³/mol. The molecule has 1 fully saturated rings. The van der Waals surface area contributed by atoms with E-state index in [1.807, 2.05) is 6.20 Å². The molecular formula is C16H24N6S. The van der Waals surface area contributed by atoms with Crippen molar-refractivity contribution < 1.29 is 0 Å². The van der Waals surface area contributed by atoms with Crippen LogP contribution >= 0.6 is 11.3 Å². The summed E-state index contributed by atoms with van der Waals surface area (Å²) in [4.78, 5) is 15.1. The Labute approximate surface area is 141 Å². The van der Waals surface area contributed by atoms with Gasteiger partial charge in [0.05, 0.1) is 16.4 Å². The first-order chi connectivity index (χ1) is 11.2. The van der Waals surface area contributed by atoms with Gasteiger partial charge in [-0.15, -0.1) is 16.4 Å². The summed E-state index contributed by atoms with van der Waals surface area (Å²) in [6.45, 7) is 11.2. The van der Waals surface area contributed by atoms with Gasteiger partial charge in [-0.1, -0.05) is 13.8 Å². The van der Waals surface area contributed by atoms with Gasteiger partial charge < -0.3 is 4.90 Å². The zero-order valence-corrected chi connectivity index (χ0v) is 14.9. The van der Waals surface area contributed by atoms with Crippen molar-refractivity contribution in [2.24, 2.45) is 0 Å². The minimum atomic E-state index is 0.785. The van der Waals surface area contributed by atoms with Gasteiger partial charge in [-0.25, -0.2) is 9.97 Å². The number of hydrogen-bond donors (Lipinski definition) is 0. The van der Waals surface area contributed by atoms with Crippen LogP contribution in [0.2, 0.25) is 0 Å². The smallest absolute Gasteiger partial charge is 0.245 e. The number of aryl methyl sites for hydroxylation is 3. The van der Waals surface area contributed by atoms with E-state index >= 15 is 0 Å². The molecule has 0 bridgehead atoms. The van der Waals surface area contributed by atoms with E-state index in [-0.39, 0.29) is 0 Å². The molecule has 3 rings (SSSR count). The van der Waals surface area contributed by atoms with Crippen LogP contribution in [0.5, 0.6) is 0 Å². The lowest BCUT2D eigenvalue weighted by Gasteiger charge is -2.34. The van der Waals surface area contributed by atoms with Gasteiger partial charge >= 0.3 is 0 Å². The Morgan fingerprint density at radius 1 is 1.04 bits per heavy atom. The molecule has 0 aromatic carbocycles. The van der Waals surface area contributed by atoms with Crippen LogP contribution < -0.4 is 4.90 Å². The summed E-state index contributed by atoms with van der Waals surface area (Å²) in [6, 6.07) is 0. The van der Waals surface area contributed by atoms with Crippen molar-refractivity contribution in [3.8, 4) is 0 Å². The number of rotatable bonds is 5. The van der Waals surface area contributed by atoms with Gasteiger partial charge in [0.25, 0.3) is 0 Å². The van der Waals surface area contributed by atoms with Crippen molar-refractivity contribution in [3.63, 3.8) is 0 Å².